The van der Waals surface area contributed by atoms with Gasteiger partial charge in [-0.2, -0.15) is 0 Å². The molecule has 2 rings (SSSR count). The topological polar surface area (TPSA) is 9.23 Å². The van der Waals surface area contributed by atoms with Crippen LogP contribution in [0, 0.1) is 3.57 Å². The number of hydrogen-bond acceptors (Lipinski definition) is 1. The van der Waals surface area contributed by atoms with Gasteiger partial charge < -0.3 is 4.74 Å². The van der Waals surface area contributed by atoms with Gasteiger partial charge in [0.1, 0.15) is 12.4 Å². The van der Waals surface area contributed by atoms with Crippen molar-refractivity contribution in [2.45, 2.75) is 12.5 Å². The molecule has 2 aromatic carbocycles. The van der Waals surface area contributed by atoms with E-state index in [9.17, 15) is 0 Å². The summed E-state index contributed by atoms with van der Waals surface area (Å²) in [7, 11) is 0. The number of halogens is 3. The zero-order valence-electron chi connectivity index (χ0n) is 9.50. The molecular weight excluding hydrogens is 382 g/mol. The summed E-state index contributed by atoms with van der Waals surface area (Å²) in [6, 6.07) is 13.8. The first-order valence-corrected chi connectivity index (χ1v) is 7.40. The zero-order chi connectivity index (χ0) is 13.0. The third-order valence-electron chi connectivity index (χ3n) is 2.49. The van der Waals surface area contributed by atoms with Crippen LogP contribution in [0.25, 0.3) is 0 Å². The van der Waals surface area contributed by atoms with Crippen LogP contribution >= 0.6 is 45.8 Å². The molecular formula is C14H11Cl2IO. The average Bonchev–Trinajstić information content (AvgIpc) is 2.39. The third-order valence-corrected chi connectivity index (χ3v) is 3.79. The molecule has 1 nitrogen and oxygen atoms in total. The van der Waals surface area contributed by atoms with Gasteiger partial charge >= 0.3 is 0 Å². The summed E-state index contributed by atoms with van der Waals surface area (Å²) in [5.41, 5.74) is 2.02. The van der Waals surface area contributed by atoms with Gasteiger partial charge in [-0.05, 0) is 46.4 Å². The van der Waals surface area contributed by atoms with E-state index in [0.29, 0.717) is 23.3 Å². The normalized spacial score (nSPS) is 10.4. The molecule has 2 aromatic rings. The van der Waals surface area contributed by atoms with E-state index in [1.54, 1.807) is 6.07 Å². The van der Waals surface area contributed by atoms with Gasteiger partial charge in [-0.1, -0.05) is 35.9 Å². The Morgan fingerprint density at radius 3 is 2.44 bits per heavy atom. The Labute approximate surface area is 130 Å². The minimum absolute atomic E-state index is 0.391. The van der Waals surface area contributed by atoms with E-state index in [1.807, 2.05) is 36.4 Å². The molecule has 0 aliphatic heterocycles. The molecule has 94 valence electrons. The van der Waals surface area contributed by atoms with E-state index >= 15 is 0 Å². The van der Waals surface area contributed by atoms with Crippen molar-refractivity contribution in [2.24, 2.45) is 0 Å². The fraction of sp³-hybridized carbons (Fsp3) is 0.143. The molecule has 0 bridgehead atoms. The van der Waals surface area contributed by atoms with Crippen molar-refractivity contribution in [1.29, 1.82) is 0 Å². The van der Waals surface area contributed by atoms with Crippen LogP contribution in [-0.4, -0.2) is 0 Å². The highest BCUT2D eigenvalue weighted by Crippen LogP contribution is 2.30. The molecule has 0 aliphatic carbocycles. The summed E-state index contributed by atoms with van der Waals surface area (Å²) in [5.74, 6) is 1.07. The maximum Gasteiger partial charge on any atom is 0.142 e. The lowest BCUT2D eigenvalue weighted by Gasteiger charge is -2.11. The van der Waals surface area contributed by atoms with E-state index in [1.165, 1.54) is 3.57 Å². The fourth-order valence-corrected chi connectivity index (χ4v) is 2.38. The molecule has 0 aromatic heterocycles. The summed E-state index contributed by atoms with van der Waals surface area (Å²) in [4.78, 5) is 0. The van der Waals surface area contributed by atoms with Gasteiger partial charge in [0.05, 0.1) is 10.9 Å². The second-order valence-electron chi connectivity index (χ2n) is 3.78. The van der Waals surface area contributed by atoms with Crippen LogP contribution in [0.4, 0.5) is 0 Å². The summed E-state index contributed by atoms with van der Waals surface area (Å²) >= 11 is 14.3. The lowest BCUT2D eigenvalue weighted by atomic mass is 10.2. The van der Waals surface area contributed by atoms with Crippen molar-refractivity contribution in [1.82, 2.24) is 0 Å². The Bertz CT molecular complexity index is 526. The van der Waals surface area contributed by atoms with Crippen LogP contribution in [0.5, 0.6) is 5.75 Å². The van der Waals surface area contributed by atoms with Crippen molar-refractivity contribution in [2.75, 3.05) is 0 Å². The number of rotatable bonds is 4. The molecule has 0 saturated heterocycles. The molecule has 0 amide bonds. The third kappa shape index (κ3) is 3.53. The summed E-state index contributed by atoms with van der Waals surface area (Å²) < 4.78 is 6.97. The van der Waals surface area contributed by atoms with Crippen LogP contribution < -0.4 is 4.74 Å². The first-order valence-electron chi connectivity index (χ1n) is 5.41. The maximum atomic E-state index is 6.11. The molecule has 0 saturated carbocycles. The Morgan fingerprint density at radius 1 is 1.06 bits per heavy atom. The summed E-state index contributed by atoms with van der Waals surface area (Å²) in [5, 5.41) is 0.596. The van der Waals surface area contributed by atoms with Crippen LogP contribution in [0.2, 0.25) is 5.02 Å². The standard InChI is InChI=1S/C14H11Cl2IO/c15-8-11-2-1-3-13(16)14(11)18-9-10-4-6-12(17)7-5-10/h1-7H,8-9H2. The first kappa shape index (κ1) is 14.0. The smallest absolute Gasteiger partial charge is 0.142 e. The number of ether oxygens (including phenoxy) is 1. The highest BCUT2D eigenvalue weighted by molar-refractivity contribution is 14.1. The van der Waals surface area contributed by atoms with Crippen molar-refractivity contribution in [3.05, 3.63) is 62.2 Å². The first-order chi connectivity index (χ1) is 8.70. The monoisotopic (exact) mass is 392 g/mol. The summed E-state index contributed by atoms with van der Waals surface area (Å²) in [6.45, 7) is 0.491. The number of alkyl halides is 1. The minimum Gasteiger partial charge on any atom is -0.487 e. The van der Waals surface area contributed by atoms with Crippen molar-refractivity contribution in [3.8, 4) is 5.75 Å². The van der Waals surface area contributed by atoms with Gasteiger partial charge in [0.2, 0.25) is 0 Å². The van der Waals surface area contributed by atoms with E-state index in [4.69, 9.17) is 27.9 Å². The van der Waals surface area contributed by atoms with Gasteiger partial charge in [0, 0.05) is 9.13 Å². The minimum atomic E-state index is 0.391. The molecule has 4 heteroatoms. The molecule has 0 spiro atoms. The number of para-hydroxylation sites is 1. The summed E-state index contributed by atoms with van der Waals surface area (Å²) in [6.07, 6.45) is 0. The van der Waals surface area contributed by atoms with Crippen molar-refractivity contribution < 1.29 is 4.74 Å². The second kappa shape index (κ2) is 6.64. The van der Waals surface area contributed by atoms with Gasteiger partial charge in [-0.3, -0.25) is 0 Å². The molecule has 18 heavy (non-hydrogen) atoms. The highest BCUT2D eigenvalue weighted by Gasteiger charge is 2.07. The Balaban J connectivity index is 2.12. The van der Waals surface area contributed by atoms with Crippen LogP contribution in [-0.2, 0) is 12.5 Å². The zero-order valence-corrected chi connectivity index (χ0v) is 13.2. The maximum absolute atomic E-state index is 6.11. The van der Waals surface area contributed by atoms with E-state index < -0.39 is 0 Å². The molecule has 0 aliphatic rings. The number of hydrogen-bond donors (Lipinski definition) is 0. The molecule has 0 unspecified atom stereocenters. The molecule has 0 heterocycles. The average molecular weight is 393 g/mol. The quantitative estimate of drug-likeness (QED) is 0.509. The SMILES string of the molecule is ClCc1cccc(Cl)c1OCc1ccc(I)cc1. The molecule has 0 radical (unpaired) electrons. The van der Waals surface area contributed by atoms with Gasteiger partial charge in [0.15, 0.2) is 0 Å². The van der Waals surface area contributed by atoms with Crippen molar-refractivity contribution >= 4 is 45.8 Å². The Hall–Kier alpha value is -0.450. The highest BCUT2D eigenvalue weighted by atomic mass is 127. The number of benzene rings is 2. The molecule has 0 atom stereocenters. The Morgan fingerprint density at radius 2 is 1.78 bits per heavy atom. The van der Waals surface area contributed by atoms with E-state index in [2.05, 4.69) is 22.6 Å². The lowest BCUT2D eigenvalue weighted by molar-refractivity contribution is 0.304. The van der Waals surface area contributed by atoms with E-state index in [0.717, 1.165) is 11.1 Å². The van der Waals surface area contributed by atoms with E-state index in [-0.39, 0.29) is 0 Å². The molecule has 0 fully saturated rings. The largest absolute Gasteiger partial charge is 0.487 e. The second-order valence-corrected chi connectivity index (χ2v) is 5.70. The van der Waals surface area contributed by atoms with Crippen LogP contribution in [0.1, 0.15) is 11.1 Å². The predicted molar refractivity (Wildman–Crippen MR) is 84.5 cm³/mol. The van der Waals surface area contributed by atoms with Crippen molar-refractivity contribution in [3.63, 3.8) is 0 Å². The van der Waals surface area contributed by atoms with Gasteiger partial charge in [0.25, 0.3) is 0 Å². The Kier molecular flexibility index (Phi) is 5.15. The van der Waals surface area contributed by atoms with Crippen LogP contribution in [0.15, 0.2) is 42.5 Å². The van der Waals surface area contributed by atoms with Gasteiger partial charge in [-0.25, -0.2) is 0 Å². The molecule has 0 N–H and O–H groups in total. The fourth-order valence-electron chi connectivity index (χ4n) is 1.56. The van der Waals surface area contributed by atoms with Gasteiger partial charge in [-0.15, -0.1) is 11.6 Å². The lowest BCUT2D eigenvalue weighted by Crippen LogP contribution is -1.98. The predicted octanol–water partition coefficient (Wildman–Crippen LogP) is 5.26. The van der Waals surface area contributed by atoms with Crippen LogP contribution in [0.3, 0.4) is 0 Å².